The van der Waals surface area contributed by atoms with Crippen LogP contribution in [0, 0.1) is 24.2 Å². The van der Waals surface area contributed by atoms with Crippen LogP contribution in [0.3, 0.4) is 0 Å². The largest absolute Gasteiger partial charge is 0.302 e. The smallest absolute Gasteiger partial charge is 0.0991 e. The maximum absolute atomic E-state index is 8.82. The van der Waals surface area contributed by atoms with Crippen LogP contribution >= 0.6 is 0 Å². The molecule has 1 aromatic carbocycles. The van der Waals surface area contributed by atoms with E-state index < -0.39 is 0 Å². The minimum Gasteiger partial charge on any atom is -0.302 e. The van der Waals surface area contributed by atoms with Crippen LogP contribution in [0.25, 0.3) is 0 Å². The average Bonchev–Trinajstić information content (AvgIpc) is 2.29. The Kier molecular flexibility index (Phi) is 5.18. The standard InChI is InChI=1S/C15H22N2/c1-12(2)7-8-17(4)11-15-6-5-14(10-16)9-13(15)3/h5-6,9,12H,7-8,11H2,1-4H3. The van der Waals surface area contributed by atoms with Crippen molar-refractivity contribution in [1.29, 1.82) is 5.26 Å². The van der Waals surface area contributed by atoms with Crippen molar-refractivity contribution in [2.45, 2.75) is 33.7 Å². The minimum absolute atomic E-state index is 0.746. The molecular formula is C15H22N2. The van der Waals surface area contributed by atoms with Crippen LogP contribution < -0.4 is 0 Å². The molecule has 0 fully saturated rings. The number of nitrogens with zero attached hydrogens (tertiary/aromatic N) is 2. The number of aryl methyl sites for hydroxylation is 1. The highest BCUT2D eigenvalue weighted by molar-refractivity contribution is 5.37. The van der Waals surface area contributed by atoms with Crippen molar-refractivity contribution in [3.05, 3.63) is 34.9 Å². The molecule has 0 unspecified atom stereocenters. The molecule has 2 heteroatoms. The van der Waals surface area contributed by atoms with E-state index in [1.807, 2.05) is 12.1 Å². The maximum atomic E-state index is 8.82. The monoisotopic (exact) mass is 230 g/mol. The average molecular weight is 230 g/mol. The van der Waals surface area contributed by atoms with E-state index in [1.54, 1.807) is 0 Å². The molecule has 0 aromatic heterocycles. The summed E-state index contributed by atoms with van der Waals surface area (Å²) >= 11 is 0. The second-order valence-corrected chi connectivity index (χ2v) is 5.17. The molecule has 0 radical (unpaired) electrons. The molecule has 0 N–H and O–H groups in total. The summed E-state index contributed by atoms with van der Waals surface area (Å²) in [5, 5.41) is 8.82. The third-order valence-electron chi connectivity index (χ3n) is 3.00. The summed E-state index contributed by atoms with van der Waals surface area (Å²) in [7, 11) is 2.15. The first-order valence-electron chi connectivity index (χ1n) is 6.21. The van der Waals surface area contributed by atoms with E-state index in [0.29, 0.717) is 0 Å². The van der Waals surface area contributed by atoms with Gasteiger partial charge in [-0.15, -0.1) is 0 Å². The van der Waals surface area contributed by atoms with Gasteiger partial charge in [-0.1, -0.05) is 19.9 Å². The van der Waals surface area contributed by atoms with Crippen molar-refractivity contribution in [3.8, 4) is 6.07 Å². The zero-order valence-electron chi connectivity index (χ0n) is 11.3. The van der Waals surface area contributed by atoms with Gasteiger partial charge in [-0.05, 0) is 56.1 Å². The second kappa shape index (κ2) is 6.42. The Morgan fingerprint density at radius 1 is 1.35 bits per heavy atom. The molecule has 0 aliphatic carbocycles. The molecule has 2 nitrogen and oxygen atoms in total. The fraction of sp³-hybridized carbons (Fsp3) is 0.533. The van der Waals surface area contributed by atoms with E-state index >= 15 is 0 Å². The van der Waals surface area contributed by atoms with Crippen LogP contribution in [0.1, 0.15) is 37.0 Å². The molecule has 0 spiro atoms. The third-order valence-corrected chi connectivity index (χ3v) is 3.00. The Morgan fingerprint density at radius 3 is 2.59 bits per heavy atom. The summed E-state index contributed by atoms with van der Waals surface area (Å²) in [6, 6.07) is 8.11. The Balaban J connectivity index is 2.60. The van der Waals surface area contributed by atoms with Crippen molar-refractivity contribution in [2.24, 2.45) is 5.92 Å². The molecule has 0 amide bonds. The number of rotatable bonds is 5. The summed E-state index contributed by atoms with van der Waals surface area (Å²) in [6.45, 7) is 8.66. The zero-order chi connectivity index (χ0) is 12.8. The summed E-state index contributed by atoms with van der Waals surface area (Å²) in [5.74, 6) is 0.750. The van der Waals surface area contributed by atoms with Crippen molar-refractivity contribution in [2.75, 3.05) is 13.6 Å². The van der Waals surface area contributed by atoms with Crippen molar-refractivity contribution < 1.29 is 0 Å². The van der Waals surface area contributed by atoms with Crippen molar-refractivity contribution >= 4 is 0 Å². The van der Waals surface area contributed by atoms with Gasteiger partial charge in [0.15, 0.2) is 0 Å². The lowest BCUT2D eigenvalue weighted by molar-refractivity contribution is 0.303. The first-order valence-corrected chi connectivity index (χ1v) is 6.21. The Bertz CT molecular complexity index is 402. The van der Waals surface area contributed by atoms with Gasteiger partial charge in [0.2, 0.25) is 0 Å². The maximum Gasteiger partial charge on any atom is 0.0991 e. The number of nitriles is 1. The molecule has 17 heavy (non-hydrogen) atoms. The summed E-state index contributed by atoms with van der Waals surface area (Å²) in [4.78, 5) is 2.34. The molecule has 0 heterocycles. The third kappa shape index (κ3) is 4.58. The topological polar surface area (TPSA) is 27.0 Å². The summed E-state index contributed by atoms with van der Waals surface area (Å²) in [5.41, 5.74) is 3.27. The number of hydrogen-bond donors (Lipinski definition) is 0. The number of benzene rings is 1. The van der Waals surface area contributed by atoms with Gasteiger partial charge in [-0.2, -0.15) is 5.26 Å². The van der Waals surface area contributed by atoms with E-state index in [4.69, 9.17) is 5.26 Å². The minimum atomic E-state index is 0.746. The highest BCUT2D eigenvalue weighted by Crippen LogP contribution is 2.13. The van der Waals surface area contributed by atoms with Crippen LogP contribution in [0.5, 0.6) is 0 Å². The molecule has 0 aliphatic heterocycles. The fourth-order valence-electron chi connectivity index (χ4n) is 1.79. The Hall–Kier alpha value is -1.33. The van der Waals surface area contributed by atoms with E-state index in [9.17, 15) is 0 Å². The quantitative estimate of drug-likeness (QED) is 0.775. The summed E-state index contributed by atoms with van der Waals surface area (Å²) < 4.78 is 0. The van der Waals surface area contributed by atoms with Gasteiger partial charge in [0.1, 0.15) is 0 Å². The Morgan fingerprint density at radius 2 is 2.06 bits per heavy atom. The highest BCUT2D eigenvalue weighted by Gasteiger charge is 2.05. The lowest BCUT2D eigenvalue weighted by Crippen LogP contribution is -2.20. The predicted octanol–water partition coefficient (Wildman–Crippen LogP) is 3.34. The molecule has 0 aliphatic rings. The van der Waals surface area contributed by atoms with Crippen LogP contribution in [0.15, 0.2) is 18.2 Å². The van der Waals surface area contributed by atoms with Crippen LogP contribution in [-0.4, -0.2) is 18.5 Å². The van der Waals surface area contributed by atoms with Gasteiger partial charge >= 0.3 is 0 Å². The SMILES string of the molecule is Cc1cc(C#N)ccc1CN(C)CCC(C)C. The predicted molar refractivity (Wildman–Crippen MR) is 71.7 cm³/mol. The Labute approximate surface area is 105 Å². The van der Waals surface area contributed by atoms with Crippen LogP contribution in [0.4, 0.5) is 0 Å². The number of hydrogen-bond acceptors (Lipinski definition) is 2. The zero-order valence-corrected chi connectivity index (χ0v) is 11.3. The van der Waals surface area contributed by atoms with Crippen LogP contribution in [-0.2, 0) is 6.54 Å². The van der Waals surface area contributed by atoms with E-state index in [-0.39, 0.29) is 0 Å². The first-order chi connectivity index (χ1) is 8.02. The molecule has 0 bridgehead atoms. The molecule has 0 atom stereocenters. The molecule has 1 aromatic rings. The lowest BCUT2D eigenvalue weighted by Gasteiger charge is -2.19. The second-order valence-electron chi connectivity index (χ2n) is 5.17. The van der Waals surface area contributed by atoms with Crippen molar-refractivity contribution in [3.63, 3.8) is 0 Å². The molecular weight excluding hydrogens is 208 g/mol. The lowest BCUT2D eigenvalue weighted by atomic mass is 10.0. The van der Waals surface area contributed by atoms with Gasteiger partial charge in [0.25, 0.3) is 0 Å². The van der Waals surface area contributed by atoms with Gasteiger partial charge in [-0.25, -0.2) is 0 Å². The molecule has 0 saturated carbocycles. The van der Waals surface area contributed by atoms with E-state index in [2.05, 4.69) is 44.9 Å². The van der Waals surface area contributed by atoms with E-state index in [0.717, 1.165) is 24.6 Å². The van der Waals surface area contributed by atoms with Gasteiger partial charge in [0.05, 0.1) is 11.6 Å². The van der Waals surface area contributed by atoms with Crippen molar-refractivity contribution in [1.82, 2.24) is 4.90 Å². The van der Waals surface area contributed by atoms with Gasteiger partial charge in [0, 0.05) is 6.54 Å². The van der Waals surface area contributed by atoms with Gasteiger partial charge in [-0.3, -0.25) is 0 Å². The summed E-state index contributed by atoms with van der Waals surface area (Å²) in [6.07, 6.45) is 1.23. The van der Waals surface area contributed by atoms with E-state index in [1.165, 1.54) is 17.5 Å². The van der Waals surface area contributed by atoms with Gasteiger partial charge < -0.3 is 4.90 Å². The molecule has 92 valence electrons. The normalized spacial score (nSPS) is 10.9. The molecule has 1 rings (SSSR count). The first kappa shape index (κ1) is 13.7. The highest BCUT2D eigenvalue weighted by atomic mass is 15.1. The fourth-order valence-corrected chi connectivity index (χ4v) is 1.79. The molecule has 0 saturated heterocycles. The van der Waals surface area contributed by atoms with Crippen LogP contribution in [0.2, 0.25) is 0 Å².